The number of hydroxylamine groups is 1. The molecule has 86 valence electrons. The van der Waals surface area contributed by atoms with Gasteiger partial charge in [-0.25, -0.2) is 4.74 Å². The lowest BCUT2D eigenvalue weighted by molar-refractivity contribution is -0.469. The zero-order valence-corrected chi connectivity index (χ0v) is 9.84. The van der Waals surface area contributed by atoms with Gasteiger partial charge in [-0.1, -0.05) is 23.7 Å². The molecule has 4 heteroatoms. The SMILES string of the molecule is [O-]/[N+](=C\c1ccncc1)Cc1cccc(Cl)c1. The van der Waals surface area contributed by atoms with Gasteiger partial charge in [0.05, 0.1) is 0 Å². The molecule has 2 aromatic rings. The first kappa shape index (κ1) is 11.6. The van der Waals surface area contributed by atoms with Crippen molar-refractivity contribution >= 4 is 17.8 Å². The number of aromatic nitrogens is 1. The van der Waals surface area contributed by atoms with E-state index in [9.17, 15) is 5.21 Å². The Morgan fingerprint density at radius 3 is 2.71 bits per heavy atom. The Bertz CT molecular complexity index is 526. The average molecular weight is 247 g/mol. The number of hydrogen-bond donors (Lipinski definition) is 0. The zero-order valence-electron chi connectivity index (χ0n) is 9.08. The van der Waals surface area contributed by atoms with Gasteiger partial charge in [0.1, 0.15) is 0 Å². The van der Waals surface area contributed by atoms with Crippen molar-refractivity contribution < 1.29 is 4.74 Å². The molecule has 0 spiro atoms. The molecule has 3 nitrogen and oxygen atoms in total. The second-order valence-corrected chi connectivity index (χ2v) is 4.05. The molecule has 1 heterocycles. The Hall–Kier alpha value is -1.87. The molecule has 0 saturated carbocycles. The summed E-state index contributed by atoms with van der Waals surface area (Å²) in [6.07, 6.45) is 4.83. The Kier molecular flexibility index (Phi) is 3.73. The van der Waals surface area contributed by atoms with Crippen LogP contribution in [0.25, 0.3) is 0 Å². The molecule has 2 rings (SSSR count). The molecule has 0 atom stereocenters. The first-order valence-electron chi connectivity index (χ1n) is 5.17. The van der Waals surface area contributed by atoms with Gasteiger partial charge in [-0.2, -0.15) is 0 Å². The van der Waals surface area contributed by atoms with Crippen molar-refractivity contribution in [3.05, 3.63) is 70.1 Å². The van der Waals surface area contributed by atoms with Gasteiger partial charge < -0.3 is 5.21 Å². The first-order chi connectivity index (χ1) is 8.24. The molecule has 0 fully saturated rings. The van der Waals surface area contributed by atoms with Crippen molar-refractivity contribution in [2.75, 3.05) is 0 Å². The van der Waals surface area contributed by atoms with Crippen molar-refractivity contribution in [3.63, 3.8) is 0 Å². The zero-order chi connectivity index (χ0) is 12.1. The maximum Gasteiger partial charge on any atom is 0.182 e. The number of hydrogen-bond acceptors (Lipinski definition) is 2. The molecule has 0 aliphatic carbocycles. The summed E-state index contributed by atoms with van der Waals surface area (Å²) in [6, 6.07) is 10.8. The molecule has 0 saturated heterocycles. The minimum Gasteiger partial charge on any atom is -0.624 e. The minimum absolute atomic E-state index is 0.281. The van der Waals surface area contributed by atoms with E-state index in [4.69, 9.17) is 11.6 Å². The Morgan fingerprint density at radius 1 is 1.24 bits per heavy atom. The van der Waals surface area contributed by atoms with Gasteiger partial charge in [0.15, 0.2) is 12.8 Å². The molecule has 0 aliphatic rings. The maximum atomic E-state index is 11.7. The fraction of sp³-hybridized carbons (Fsp3) is 0.0769. The van der Waals surface area contributed by atoms with E-state index in [-0.39, 0.29) is 6.54 Å². The number of nitrogens with zero attached hydrogens (tertiary/aromatic N) is 2. The summed E-state index contributed by atoms with van der Waals surface area (Å²) in [4.78, 5) is 3.89. The summed E-state index contributed by atoms with van der Waals surface area (Å²) in [7, 11) is 0. The number of halogens is 1. The maximum absolute atomic E-state index is 11.7. The molecule has 17 heavy (non-hydrogen) atoms. The molecule has 0 radical (unpaired) electrons. The number of rotatable bonds is 3. The van der Waals surface area contributed by atoms with E-state index in [1.807, 2.05) is 12.1 Å². The molecule has 1 aromatic heterocycles. The average Bonchev–Trinajstić information content (AvgIpc) is 2.30. The molecule has 0 unspecified atom stereocenters. The Balaban J connectivity index is 2.12. The summed E-state index contributed by atoms with van der Waals surface area (Å²) in [5, 5.41) is 12.3. The van der Waals surface area contributed by atoms with Crippen LogP contribution in [0.2, 0.25) is 5.02 Å². The predicted molar refractivity (Wildman–Crippen MR) is 68.2 cm³/mol. The first-order valence-corrected chi connectivity index (χ1v) is 5.55. The van der Waals surface area contributed by atoms with E-state index >= 15 is 0 Å². The molecular weight excluding hydrogens is 236 g/mol. The van der Waals surface area contributed by atoms with Crippen LogP contribution < -0.4 is 0 Å². The highest BCUT2D eigenvalue weighted by atomic mass is 35.5. The fourth-order valence-corrected chi connectivity index (χ4v) is 1.69. The minimum atomic E-state index is 0.281. The standard InChI is InChI=1S/C13H11ClN2O/c14-13-3-1-2-12(8-13)10-16(17)9-11-4-6-15-7-5-11/h1-9H,10H2/b16-9-. The van der Waals surface area contributed by atoms with Gasteiger partial charge in [0.25, 0.3) is 0 Å². The van der Waals surface area contributed by atoms with Gasteiger partial charge >= 0.3 is 0 Å². The molecular formula is C13H11ClN2O. The van der Waals surface area contributed by atoms with Crippen molar-refractivity contribution in [1.82, 2.24) is 4.98 Å². The molecule has 1 aromatic carbocycles. The lowest BCUT2D eigenvalue weighted by atomic mass is 10.2. The van der Waals surface area contributed by atoms with Crippen LogP contribution in [0.4, 0.5) is 0 Å². The van der Waals surface area contributed by atoms with Crippen LogP contribution in [-0.4, -0.2) is 15.9 Å². The van der Waals surface area contributed by atoms with Crippen LogP contribution in [0, 0.1) is 5.21 Å². The summed E-state index contributed by atoms with van der Waals surface area (Å²) in [5.74, 6) is 0. The van der Waals surface area contributed by atoms with Gasteiger partial charge in [-0.05, 0) is 24.3 Å². The van der Waals surface area contributed by atoms with Crippen molar-refractivity contribution in [2.24, 2.45) is 0 Å². The van der Waals surface area contributed by atoms with Crippen molar-refractivity contribution in [2.45, 2.75) is 6.54 Å². The van der Waals surface area contributed by atoms with E-state index < -0.39 is 0 Å². The topological polar surface area (TPSA) is 39.0 Å². The van der Waals surface area contributed by atoms with E-state index in [1.54, 1.807) is 36.7 Å². The quantitative estimate of drug-likeness (QED) is 0.362. The lowest BCUT2D eigenvalue weighted by Gasteiger charge is -2.04. The largest absolute Gasteiger partial charge is 0.624 e. The summed E-state index contributed by atoms with van der Waals surface area (Å²) in [5.41, 5.74) is 1.72. The normalized spacial score (nSPS) is 11.5. The van der Waals surface area contributed by atoms with Crippen LogP contribution in [0.5, 0.6) is 0 Å². The highest BCUT2D eigenvalue weighted by Crippen LogP contribution is 2.11. The van der Waals surface area contributed by atoms with Gasteiger partial charge in [-0.3, -0.25) is 4.98 Å². The van der Waals surface area contributed by atoms with Crippen molar-refractivity contribution in [3.8, 4) is 0 Å². The summed E-state index contributed by atoms with van der Waals surface area (Å²) < 4.78 is 0.876. The molecule has 0 N–H and O–H groups in total. The van der Waals surface area contributed by atoms with Crippen LogP contribution in [0.15, 0.2) is 48.8 Å². The van der Waals surface area contributed by atoms with Gasteiger partial charge in [0.2, 0.25) is 0 Å². The van der Waals surface area contributed by atoms with Crippen LogP contribution >= 0.6 is 11.6 Å². The second-order valence-electron chi connectivity index (χ2n) is 3.61. The third-order valence-corrected chi connectivity index (χ3v) is 2.46. The van der Waals surface area contributed by atoms with E-state index in [0.29, 0.717) is 5.02 Å². The van der Waals surface area contributed by atoms with E-state index in [2.05, 4.69) is 4.98 Å². The third-order valence-electron chi connectivity index (χ3n) is 2.23. The molecule has 0 aliphatic heterocycles. The lowest BCUT2D eigenvalue weighted by Crippen LogP contribution is -2.05. The van der Waals surface area contributed by atoms with E-state index in [0.717, 1.165) is 15.9 Å². The highest BCUT2D eigenvalue weighted by Gasteiger charge is 2.00. The monoisotopic (exact) mass is 246 g/mol. The van der Waals surface area contributed by atoms with Crippen LogP contribution in [0.1, 0.15) is 11.1 Å². The predicted octanol–water partition coefficient (Wildman–Crippen LogP) is 2.86. The molecule has 0 bridgehead atoms. The second kappa shape index (κ2) is 5.46. The smallest absolute Gasteiger partial charge is 0.182 e. The summed E-state index contributed by atoms with van der Waals surface area (Å²) >= 11 is 5.85. The fourth-order valence-electron chi connectivity index (χ4n) is 1.48. The van der Waals surface area contributed by atoms with Gasteiger partial charge in [0, 0.05) is 28.5 Å². The highest BCUT2D eigenvalue weighted by molar-refractivity contribution is 6.30. The van der Waals surface area contributed by atoms with Crippen molar-refractivity contribution in [1.29, 1.82) is 0 Å². The summed E-state index contributed by atoms with van der Waals surface area (Å²) in [6.45, 7) is 0.281. The third kappa shape index (κ3) is 3.57. The number of pyridine rings is 1. The Morgan fingerprint density at radius 2 is 2.00 bits per heavy atom. The number of benzene rings is 1. The van der Waals surface area contributed by atoms with Crippen LogP contribution in [-0.2, 0) is 6.54 Å². The van der Waals surface area contributed by atoms with Gasteiger partial charge in [-0.15, -0.1) is 0 Å². The molecule has 0 amide bonds. The Labute approximate surface area is 105 Å². The van der Waals surface area contributed by atoms with Crippen LogP contribution in [0.3, 0.4) is 0 Å². The van der Waals surface area contributed by atoms with E-state index in [1.165, 1.54) is 6.21 Å².